The van der Waals surface area contributed by atoms with E-state index in [0.717, 1.165) is 0 Å². The van der Waals surface area contributed by atoms with Gasteiger partial charge in [0.25, 0.3) is 5.95 Å². The van der Waals surface area contributed by atoms with Crippen LogP contribution in [0.2, 0.25) is 5.28 Å². The van der Waals surface area contributed by atoms with Gasteiger partial charge in [-0.25, -0.2) is 4.99 Å². The van der Waals surface area contributed by atoms with Crippen LogP contribution in [0.15, 0.2) is 4.99 Å². The van der Waals surface area contributed by atoms with E-state index in [-0.39, 0.29) is 17.2 Å². The Hall–Kier alpha value is -1.43. The van der Waals surface area contributed by atoms with E-state index in [9.17, 15) is 0 Å². The Labute approximate surface area is 80.5 Å². The van der Waals surface area contributed by atoms with Gasteiger partial charge < -0.3 is 10.6 Å². The SMILES string of the molecule is CN(C)/C=N/c1nc(N)nc(Cl)n1. The highest BCUT2D eigenvalue weighted by Crippen LogP contribution is 2.08. The topological polar surface area (TPSA) is 80.3 Å². The molecule has 70 valence electrons. The molecule has 0 aliphatic carbocycles. The average Bonchev–Trinajstić information content (AvgIpc) is 1.99. The minimum absolute atomic E-state index is 0.0402. The fraction of sp³-hybridized carbons (Fsp3) is 0.333. The van der Waals surface area contributed by atoms with E-state index < -0.39 is 0 Å². The van der Waals surface area contributed by atoms with Crippen molar-refractivity contribution in [2.75, 3.05) is 19.8 Å². The van der Waals surface area contributed by atoms with Gasteiger partial charge in [-0.1, -0.05) is 0 Å². The number of rotatable bonds is 2. The largest absolute Gasteiger partial charge is 0.369 e. The van der Waals surface area contributed by atoms with E-state index >= 15 is 0 Å². The second-order valence-corrected chi connectivity index (χ2v) is 2.81. The molecule has 0 aromatic carbocycles. The zero-order valence-corrected chi connectivity index (χ0v) is 8.02. The first-order valence-electron chi connectivity index (χ1n) is 3.45. The molecule has 0 atom stereocenters. The molecule has 0 aliphatic rings. The molecule has 0 amide bonds. The summed E-state index contributed by atoms with van der Waals surface area (Å²) in [5.41, 5.74) is 5.33. The van der Waals surface area contributed by atoms with Crippen LogP contribution in [0.25, 0.3) is 0 Å². The standard InChI is InChI=1S/C6H9ClN6/c1-13(2)3-9-6-11-4(7)10-5(8)12-6/h3H,1-2H3,(H2,8,10,11,12)/b9-3+. The van der Waals surface area contributed by atoms with E-state index in [4.69, 9.17) is 17.3 Å². The van der Waals surface area contributed by atoms with Crippen LogP contribution in [-0.2, 0) is 0 Å². The third-order valence-electron chi connectivity index (χ3n) is 1.02. The number of nitrogen functional groups attached to an aromatic ring is 1. The quantitative estimate of drug-likeness (QED) is 0.550. The lowest BCUT2D eigenvalue weighted by Crippen LogP contribution is -2.07. The maximum absolute atomic E-state index is 5.54. The molecule has 6 nitrogen and oxygen atoms in total. The summed E-state index contributed by atoms with van der Waals surface area (Å²) in [6, 6.07) is 0. The van der Waals surface area contributed by atoms with Crippen LogP contribution in [-0.4, -0.2) is 40.3 Å². The van der Waals surface area contributed by atoms with Crippen molar-refractivity contribution >= 4 is 29.8 Å². The van der Waals surface area contributed by atoms with Gasteiger partial charge in [0.1, 0.15) is 0 Å². The lowest BCUT2D eigenvalue weighted by atomic mass is 10.8. The number of halogens is 1. The molecule has 7 heteroatoms. The molecule has 2 N–H and O–H groups in total. The molecular formula is C6H9ClN6. The van der Waals surface area contributed by atoms with Crippen LogP contribution < -0.4 is 5.73 Å². The number of hydrogen-bond acceptors (Lipinski definition) is 5. The molecule has 1 rings (SSSR count). The van der Waals surface area contributed by atoms with Crippen molar-refractivity contribution < 1.29 is 0 Å². The average molecular weight is 201 g/mol. The molecule has 1 heterocycles. The second-order valence-electron chi connectivity index (χ2n) is 2.47. The summed E-state index contributed by atoms with van der Waals surface area (Å²) >= 11 is 5.54. The highest BCUT2D eigenvalue weighted by atomic mass is 35.5. The first-order chi connectivity index (χ1) is 6.08. The maximum atomic E-state index is 5.54. The highest BCUT2D eigenvalue weighted by molar-refractivity contribution is 6.28. The van der Waals surface area contributed by atoms with Crippen LogP contribution in [0.1, 0.15) is 0 Å². The third kappa shape index (κ3) is 3.20. The summed E-state index contributed by atoms with van der Waals surface area (Å²) < 4.78 is 0. The zero-order chi connectivity index (χ0) is 9.84. The molecule has 13 heavy (non-hydrogen) atoms. The summed E-state index contributed by atoms with van der Waals surface area (Å²) in [4.78, 5) is 16.7. The van der Waals surface area contributed by atoms with Crippen LogP contribution in [0.4, 0.5) is 11.9 Å². The van der Waals surface area contributed by atoms with Crippen molar-refractivity contribution in [2.45, 2.75) is 0 Å². The van der Waals surface area contributed by atoms with Crippen molar-refractivity contribution in [1.29, 1.82) is 0 Å². The van der Waals surface area contributed by atoms with Gasteiger partial charge in [-0.15, -0.1) is 0 Å². The lowest BCUT2D eigenvalue weighted by molar-refractivity contribution is 0.642. The minimum Gasteiger partial charge on any atom is -0.369 e. The molecule has 0 saturated heterocycles. The maximum Gasteiger partial charge on any atom is 0.256 e. The highest BCUT2D eigenvalue weighted by Gasteiger charge is 1.99. The Morgan fingerprint density at radius 1 is 1.38 bits per heavy atom. The zero-order valence-electron chi connectivity index (χ0n) is 7.27. The molecule has 0 aliphatic heterocycles. The number of nitrogens with two attached hydrogens (primary N) is 1. The Kier molecular flexibility index (Phi) is 2.97. The second kappa shape index (κ2) is 3.99. The summed E-state index contributed by atoms with van der Waals surface area (Å²) in [6.45, 7) is 0. The van der Waals surface area contributed by atoms with Crippen LogP contribution in [0.5, 0.6) is 0 Å². The molecule has 1 aromatic rings. The van der Waals surface area contributed by atoms with Gasteiger partial charge in [-0.2, -0.15) is 15.0 Å². The predicted molar refractivity (Wildman–Crippen MR) is 51.1 cm³/mol. The van der Waals surface area contributed by atoms with E-state index in [2.05, 4.69) is 19.9 Å². The molecule has 0 radical (unpaired) electrons. The summed E-state index contributed by atoms with van der Waals surface area (Å²) in [6.07, 6.45) is 1.55. The van der Waals surface area contributed by atoms with Gasteiger partial charge in [0.15, 0.2) is 0 Å². The van der Waals surface area contributed by atoms with Gasteiger partial charge in [0.2, 0.25) is 11.2 Å². The van der Waals surface area contributed by atoms with Crippen LogP contribution in [0.3, 0.4) is 0 Å². The van der Waals surface area contributed by atoms with Gasteiger partial charge in [0, 0.05) is 14.1 Å². The fourth-order valence-electron chi connectivity index (χ4n) is 0.579. The molecule has 0 bridgehead atoms. The van der Waals surface area contributed by atoms with E-state index in [1.165, 1.54) is 0 Å². The minimum atomic E-state index is 0.0402. The number of hydrogen-bond donors (Lipinski definition) is 1. The Balaban J connectivity index is 2.89. The first-order valence-corrected chi connectivity index (χ1v) is 3.83. The van der Waals surface area contributed by atoms with Gasteiger partial charge >= 0.3 is 0 Å². The van der Waals surface area contributed by atoms with Crippen molar-refractivity contribution in [3.63, 3.8) is 0 Å². The first kappa shape index (κ1) is 9.66. The number of aliphatic imine (C=N–C) groups is 1. The summed E-state index contributed by atoms with van der Waals surface area (Å²) in [7, 11) is 3.66. The predicted octanol–water partition coefficient (Wildman–Crippen LogP) is 0.329. The summed E-state index contributed by atoms with van der Waals surface area (Å²) in [5.74, 6) is 0.261. The molecule has 1 aromatic heterocycles. The monoisotopic (exact) mass is 200 g/mol. The Bertz CT molecular complexity index is 303. The third-order valence-corrected chi connectivity index (χ3v) is 1.19. The van der Waals surface area contributed by atoms with Crippen molar-refractivity contribution in [3.8, 4) is 0 Å². The van der Waals surface area contributed by atoms with Crippen molar-refractivity contribution in [2.24, 2.45) is 4.99 Å². The van der Waals surface area contributed by atoms with Crippen molar-refractivity contribution in [1.82, 2.24) is 19.9 Å². The molecule has 0 spiro atoms. The molecular weight excluding hydrogens is 192 g/mol. The smallest absolute Gasteiger partial charge is 0.256 e. The Morgan fingerprint density at radius 2 is 2.08 bits per heavy atom. The van der Waals surface area contributed by atoms with E-state index in [1.807, 2.05) is 14.1 Å². The van der Waals surface area contributed by atoms with Crippen molar-refractivity contribution in [3.05, 3.63) is 5.28 Å². The summed E-state index contributed by atoms with van der Waals surface area (Å²) in [5, 5.41) is 0.0402. The fourth-order valence-corrected chi connectivity index (χ4v) is 0.742. The van der Waals surface area contributed by atoms with E-state index in [0.29, 0.717) is 0 Å². The molecule has 0 unspecified atom stereocenters. The molecule has 0 saturated carbocycles. The van der Waals surface area contributed by atoms with Gasteiger partial charge in [-0.3, -0.25) is 0 Å². The molecule has 0 fully saturated rings. The van der Waals surface area contributed by atoms with E-state index in [1.54, 1.807) is 11.2 Å². The van der Waals surface area contributed by atoms with Gasteiger partial charge in [0.05, 0.1) is 6.34 Å². The van der Waals surface area contributed by atoms with Crippen LogP contribution >= 0.6 is 11.6 Å². The van der Waals surface area contributed by atoms with Crippen LogP contribution in [0, 0.1) is 0 Å². The normalized spacial score (nSPS) is 10.7. The number of anilines is 1. The Morgan fingerprint density at radius 3 is 2.62 bits per heavy atom. The number of nitrogens with zero attached hydrogens (tertiary/aromatic N) is 5. The number of aromatic nitrogens is 3. The van der Waals surface area contributed by atoms with Gasteiger partial charge in [-0.05, 0) is 11.6 Å². The lowest BCUT2D eigenvalue weighted by Gasteiger charge is -2.01.